The van der Waals surface area contributed by atoms with Crippen LogP contribution < -0.4 is 0 Å². The third-order valence-corrected chi connectivity index (χ3v) is 6.13. The second-order valence-corrected chi connectivity index (χ2v) is 8.67. The number of likely N-dealkylation sites (tertiary alicyclic amines) is 1. The lowest BCUT2D eigenvalue weighted by Gasteiger charge is -2.41. The van der Waals surface area contributed by atoms with Crippen molar-refractivity contribution >= 4 is 17.9 Å². The zero-order chi connectivity index (χ0) is 17.8. The van der Waals surface area contributed by atoms with Gasteiger partial charge in [0.25, 0.3) is 11.8 Å². The average molecular weight is 340 g/mol. The summed E-state index contributed by atoms with van der Waals surface area (Å²) in [7, 11) is 0. The van der Waals surface area contributed by atoms with Crippen molar-refractivity contribution in [1.82, 2.24) is 9.80 Å². The van der Waals surface area contributed by atoms with Gasteiger partial charge in [-0.3, -0.25) is 19.4 Å². The van der Waals surface area contributed by atoms with Crippen LogP contribution in [0.4, 0.5) is 4.79 Å². The lowest BCUT2D eigenvalue weighted by molar-refractivity contribution is -0.0140. The molecule has 1 aromatic carbocycles. The SMILES string of the molecule is CC(C)(C)OC(=O)N1[C@@H](CN2C(=O)c3ccccc3C2=O)C23CC12C3. The van der Waals surface area contributed by atoms with Gasteiger partial charge in [0.1, 0.15) is 5.60 Å². The Labute approximate surface area is 145 Å². The number of amides is 3. The highest BCUT2D eigenvalue weighted by atomic mass is 16.6. The molecule has 1 aromatic rings. The molecule has 2 heterocycles. The van der Waals surface area contributed by atoms with Gasteiger partial charge < -0.3 is 4.74 Å². The van der Waals surface area contributed by atoms with Gasteiger partial charge in [-0.25, -0.2) is 4.79 Å². The van der Waals surface area contributed by atoms with E-state index in [4.69, 9.17) is 4.74 Å². The molecule has 0 bridgehead atoms. The summed E-state index contributed by atoms with van der Waals surface area (Å²) in [5.41, 5.74) is 0.422. The number of fused-ring (bicyclic) bond motifs is 1. The quantitative estimate of drug-likeness (QED) is 0.776. The lowest BCUT2D eigenvalue weighted by Crippen LogP contribution is -2.59. The van der Waals surface area contributed by atoms with Crippen LogP contribution in [0.5, 0.6) is 0 Å². The van der Waals surface area contributed by atoms with E-state index in [9.17, 15) is 14.4 Å². The zero-order valence-corrected chi connectivity index (χ0v) is 14.5. The van der Waals surface area contributed by atoms with Crippen LogP contribution in [0.15, 0.2) is 24.3 Å². The molecule has 0 aromatic heterocycles. The fourth-order valence-electron chi connectivity index (χ4n) is 4.79. The first-order valence-corrected chi connectivity index (χ1v) is 8.68. The minimum absolute atomic E-state index is 0.0430. The zero-order valence-electron chi connectivity index (χ0n) is 14.5. The maximum absolute atomic E-state index is 12.6. The van der Waals surface area contributed by atoms with Crippen molar-refractivity contribution in [3.8, 4) is 0 Å². The summed E-state index contributed by atoms with van der Waals surface area (Å²) in [6.07, 6.45) is 1.60. The third kappa shape index (κ3) is 1.67. The predicted octanol–water partition coefficient (Wildman–Crippen LogP) is 2.43. The molecular formula is C19H20N2O4. The van der Waals surface area contributed by atoms with Gasteiger partial charge in [-0.15, -0.1) is 0 Å². The van der Waals surface area contributed by atoms with Crippen LogP contribution >= 0.6 is 0 Å². The fraction of sp³-hybridized carbons (Fsp3) is 0.526. The molecule has 3 amide bonds. The molecule has 0 radical (unpaired) electrons. The molecule has 3 fully saturated rings. The Morgan fingerprint density at radius 2 is 1.72 bits per heavy atom. The number of carbonyl (C=O) groups excluding carboxylic acids is 3. The van der Waals surface area contributed by atoms with Gasteiger partial charge in [0.15, 0.2) is 0 Å². The van der Waals surface area contributed by atoms with E-state index in [2.05, 4.69) is 0 Å². The molecule has 2 aliphatic heterocycles. The maximum atomic E-state index is 12.6. The molecule has 1 atom stereocenters. The van der Waals surface area contributed by atoms with Crippen molar-refractivity contribution in [2.45, 2.75) is 50.8 Å². The van der Waals surface area contributed by atoms with Crippen molar-refractivity contribution in [1.29, 1.82) is 0 Å². The molecule has 0 unspecified atom stereocenters. The average Bonchev–Trinajstić information content (AvgIpc) is 3.21. The summed E-state index contributed by atoms with van der Waals surface area (Å²) in [6.45, 7) is 5.78. The number of nitrogens with zero attached hydrogens (tertiary/aromatic N) is 2. The Morgan fingerprint density at radius 1 is 1.16 bits per heavy atom. The number of ether oxygens (including phenoxy) is 1. The Hall–Kier alpha value is -2.37. The number of imide groups is 1. The smallest absolute Gasteiger partial charge is 0.411 e. The van der Waals surface area contributed by atoms with E-state index in [1.165, 1.54) is 4.90 Å². The first-order chi connectivity index (χ1) is 11.7. The second kappa shape index (κ2) is 4.06. The van der Waals surface area contributed by atoms with Gasteiger partial charge in [-0.1, -0.05) is 12.1 Å². The monoisotopic (exact) mass is 340 g/mol. The first kappa shape index (κ1) is 14.9. The van der Waals surface area contributed by atoms with Gasteiger partial charge in [0, 0.05) is 5.41 Å². The van der Waals surface area contributed by atoms with Crippen molar-refractivity contribution in [2.24, 2.45) is 5.41 Å². The number of hydrogen-bond donors (Lipinski definition) is 0. The van der Waals surface area contributed by atoms with Crippen molar-refractivity contribution in [3.05, 3.63) is 35.4 Å². The minimum Gasteiger partial charge on any atom is -0.444 e. The van der Waals surface area contributed by atoms with Gasteiger partial charge >= 0.3 is 6.09 Å². The maximum Gasteiger partial charge on any atom is 0.411 e. The van der Waals surface area contributed by atoms with Gasteiger partial charge in [-0.2, -0.15) is 0 Å². The van der Waals surface area contributed by atoms with Crippen LogP contribution in [0.1, 0.15) is 54.3 Å². The molecule has 130 valence electrons. The number of hydrogen-bond acceptors (Lipinski definition) is 4. The van der Waals surface area contributed by atoms with Crippen LogP contribution in [0, 0.1) is 5.41 Å². The van der Waals surface area contributed by atoms with Crippen LogP contribution in [0.2, 0.25) is 0 Å². The van der Waals surface area contributed by atoms with E-state index in [-0.39, 0.29) is 41.4 Å². The molecule has 6 nitrogen and oxygen atoms in total. The Morgan fingerprint density at radius 3 is 2.24 bits per heavy atom. The van der Waals surface area contributed by atoms with Crippen LogP contribution in [-0.2, 0) is 4.74 Å². The molecule has 0 spiro atoms. The topological polar surface area (TPSA) is 66.9 Å². The highest BCUT2D eigenvalue weighted by Gasteiger charge is 2.98. The highest BCUT2D eigenvalue weighted by molar-refractivity contribution is 6.21. The Kier molecular flexibility index (Phi) is 2.42. The summed E-state index contributed by atoms with van der Waals surface area (Å²) < 4.78 is 5.54. The lowest BCUT2D eigenvalue weighted by atomic mass is 10.0. The first-order valence-electron chi connectivity index (χ1n) is 8.68. The molecule has 2 aliphatic carbocycles. The molecule has 4 aliphatic rings. The number of benzene rings is 1. The van der Waals surface area contributed by atoms with Crippen LogP contribution in [0.25, 0.3) is 0 Å². The Balaban J connectivity index is 1.38. The van der Waals surface area contributed by atoms with Crippen molar-refractivity contribution in [2.75, 3.05) is 6.54 Å². The third-order valence-electron chi connectivity index (χ3n) is 6.13. The molecule has 0 N–H and O–H groups in total. The van der Waals surface area contributed by atoms with Gasteiger partial charge in [0.05, 0.1) is 29.3 Å². The normalized spacial score (nSPS) is 34.1. The molecule has 2 saturated carbocycles. The predicted molar refractivity (Wildman–Crippen MR) is 88.1 cm³/mol. The van der Waals surface area contributed by atoms with Crippen molar-refractivity contribution in [3.63, 3.8) is 0 Å². The summed E-state index contributed by atoms with van der Waals surface area (Å²) in [6, 6.07) is 6.76. The van der Waals surface area contributed by atoms with E-state index < -0.39 is 5.60 Å². The van der Waals surface area contributed by atoms with E-state index >= 15 is 0 Å². The van der Waals surface area contributed by atoms with Crippen LogP contribution in [-0.4, -0.2) is 51.4 Å². The number of rotatable bonds is 2. The molecule has 1 saturated heterocycles. The summed E-state index contributed by atoms with van der Waals surface area (Å²) in [5, 5.41) is 0. The highest BCUT2D eigenvalue weighted by Crippen LogP contribution is 2.91. The largest absolute Gasteiger partial charge is 0.444 e. The Bertz CT molecular complexity index is 812. The molecule has 25 heavy (non-hydrogen) atoms. The molecule has 6 heteroatoms. The van der Waals surface area contributed by atoms with Crippen LogP contribution in [0.3, 0.4) is 0 Å². The van der Waals surface area contributed by atoms with Gasteiger partial charge in [-0.05, 0) is 45.7 Å². The summed E-state index contributed by atoms with van der Waals surface area (Å²) in [4.78, 5) is 40.9. The standard InChI is InChI=1S/C19H20N2O4/c1-17(2,3)25-16(24)21-13(18-9-19(18,21)10-18)8-20-14(22)11-6-4-5-7-12(11)15(20)23/h4-7,13H,8-10H2,1-3H3/t13-,18?,19?/m0/s1. The number of carbonyl (C=O) groups is 3. The van der Waals surface area contributed by atoms with Gasteiger partial charge in [0.2, 0.25) is 0 Å². The summed E-state index contributed by atoms with van der Waals surface area (Å²) >= 11 is 0. The second-order valence-electron chi connectivity index (χ2n) is 8.67. The fourth-order valence-corrected chi connectivity index (χ4v) is 4.79. The molecular weight excluding hydrogens is 320 g/mol. The van der Waals surface area contributed by atoms with E-state index in [1.54, 1.807) is 29.2 Å². The molecule has 5 rings (SSSR count). The minimum atomic E-state index is -0.560. The van der Waals surface area contributed by atoms with E-state index in [1.807, 2.05) is 20.8 Å². The van der Waals surface area contributed by atoms with E-state index in [0.717, 1.165) is 12.8 Å². The summed E-state index contributed by atoms with van der Waals surface area (Å²) in [5.74, 6) is -0.528. The van der Waals surface area contributed by atoms with E-state index in [0.29, 0.717) is 11.1 Å². The van der Waals surface area contributed by atoms with Crippen molar-refractivity contribution < 1.29 is 19.1 Å².